The van der Waals surface area contributed by atoms with Crippen LogP contribution in [0.5, 0.6) is 0 Å². The van der Waals surface area contributed by atoms with Crippen LogP contribution in [0.2, 0.25) is 0 Å². The number of hydrogen-bond donors (Lipinski definition) is 2. The van der Waals surface area contributed by atoms with Gasteiger partial charge >= 0.3 is 12.1 Å². The smallest absolute Gasteiger partial charge is 0.475 e. The lowest BCUT2D eigenvalue weighted by molar-refractivity contribution is -0.192. The van der Waals surface area contributed by atoms with E-state index in [-0.39, 0.29) is 5.60 Å². The number of nitrogens with one attached hydrogen (secondary N) is 1. The van der Waals surface area contributed by atoms with E-state index in [0.717, 1.165) is 23.3 Å². The number of aliphatic carboxylic acids is 1. The Kier molecular flexibility index (Phi) is 4.03. The van der Waals surface area contributed by atoms with Gasteiger partial charge in [0, 0.05) is 29.3 Å². The van der Waals surface area contributed by atoms with Crippen molar-refractivity contribution in [1.29, 1.82) is 0 Å². The molecule has 1 fully saturated rings. The molecule has 2 aliphatic rings. The molecule has 0 aromatic carbocycles. The van der Waals surface area contributed by atoms with E-state index in [0.29, 0.717) is 6.61 Å². The topological polar surface area (TPSA) is 71.5 Å². The largest absolute Gasteiger partial charge is 0.490 e. The minimum absolute atomic E-state index is 0.101. The van der Waals surface area contributed by atoms with E-state index < -0.39 is 12.1 Å². The summed E-state index contributed by atoms with van der Waals surface area (Å²) in [4.78, 5) is 13.3. The summed E-state index contributed by atoms with van der Waals surface area (Å²) in [5.41, 5.74) is 2.24. The summed E-state index contributed by atoms with van der Waals surface area (Å²) < 4.78 is 38.5. The maximum atomic E-state index is 10.6. The van der Waals surface area contributed by atoms with Gasteiger partial charge in [-0.2, -0.15) is 13.2 Å². The van der Waals surface area contributed by atoms with E-state index in [1.165, 1.54) is 5.56 Å². The number of carboxylic acid groups (broad SMARTS) is 1. The predicted octanol–water partition coefficient (Wildman–Crippen LogP) is 1.81. The first kappa shape index (κ1) is 15.2. The molecule has 0 unspecified atom stereocenters. The van der Waals surface area contributed by atoms with Crippen molar-refractivity contribution in [1.82, 2.24) is 10.3 Å². The third-order valence-corrected chi connectivity index (χ3v) is 3.37. The second-order valence-corrected chi connectivity index (χ2v) is 5.27. The Labute approximate surface area is 120 Å². The van der Waals surface area contributed by atoms with Crippen LogP contribution in [0.25, 0.3) is 0 Å². The number of halogens is 4. The molecule has 0 aliphatic carbocycles. The lowest BCUT2D eigenvalue weighted by Gasteiger charge is -2.37. The molecular weight excluding hydrogens is 345 g/mol. The summed E-state index contributed by atoms with van der Waals surface area (Å²) in [6.07, 6.45) is -3.24. The minimum atomic E-state index is -5.08. The quantitative estimate of drug-likeness (QED) is 0.743. The van der Waals surface area contributed by atoms with Crippen molar-refractivity contribution in [3.8, 4) is 0 Å². The van der Waals surface area contributed by atoms with Crippen molar-refractivity contribution in [2.75, 3.05) is 13.1 Å². The van der Waals surface area contributed by atoms with Crippen molar-refractivity contribution in [3.63, 3.8) is 0 Å². The summed E-state index contributed by atoms with van der Waals surface area (Å²) >= 11 is 3.41. The van der Waals surface area contributed by atoms with Crippen molar-refractivity contribution >= 4 is 21.9 Å². The van der Waals surface area contributed by atoms with E-state index in [2.05, 4.69) is 32.3 Å². The maximum Gasteiger partial charge on any atom is 0.490 e. The van der Waals surface area contributed by atoms with Gasteiger partial charge in [0.25, 0.3) is 0 Å². The fourth-order valence-corrected chi connectivity index (χ4v) is 2.29. The highest BCUT2D eigenvalue weighted by molar-refractivity contribution is 9.10. The molecule has 3 heterocycles. The zero-order valence-corrected chi connectivity index (χ0v) is 11.6. The summed E-state index contributed by atoms with van der Waals surface area (Å²) in [5, 5.41) is 10.3. The second-order valence-electron chi connectivity index (χ2n) is 4.35. The molecule has 1 aromatic rings. The van der Waals surface area contributed by atoms with Crippen molar-refractivity contribution in [3.05, 3.63) is 28.0 Å². The Morgan fingerprint density at radius 3 is 2.55 bits per heavy atom. The Morgan fingerprint density at radius 2 is 2.10 bits per heavy atom. The van der Waals surface area contributed by atoms with Crippen molar-refractivity contribution < 1.29 is 27.8 Å². The second kappa shape index (κ2) is 5.30. The van der Waals surface area contributed by atoms with Crippen LogP contribution in [0.3, 0.4) is 0 Å². The van der Waals surface area contributed by atoms with Gasteiger partial charge in [-0.3, -0.25) is 4.98 Å². The average Bonchev–Trinajstić information content (AvgIpc) is 2.66. The van der Waals surface area contributed by atoms with E-state index >= 15 is 0 Å². The first-order valence-corrected chi connectivity index (χ1v) is 6.34. The molecule has 110 valence electrons. The lowest BCUT2D eigenvalue weighted by atomic mass is 9.92. The molecule has 1 aromatic heterocycles. The van der Waals surface area contributed by atoms with Gasteiger partial charge in [-0.1, -0.05) is 0 Å². The van der Waals surface area contributed by atoms with Crippen LogP contribution in [0.15, 0.2) is 16.7 Å². The molecular formula is C11H10BrF3N2O3. The Balaban J connectivity index is 0.000000182. The molecule has 1 saturated heterocycles. The molecule has 2 aliphatic heterocycles. The minimum Gasteiger partial charge on any atom is -0.475 e. The number of fused-ring (bicyclic) bond motifs is 2. The summed E-state index contributed by atoms with van der Waals surface area (Å²) in [6.45, 7) is 2.49. The first-order valence-electron chi connectivity index (χ1n) is 5.54. The van der Waals surface area contributed by atoms with Crippen LogP contribution in [0, 0.1) is 0 Å². The van der Waals surface area contributed by atoms with E-state index in [1.54, 1.807) is 0 Å². The number of pyridine rings is 1. The first-order chi connectivity index (χ1) is 9.24. The Hall–Kier alpha value is -1.19. The lowest BCUT2D eigenvalue weighted by Crippen LogP contribution is -2.57. The molecule has 0 saturated carbocycles. The van der Waals surface area contributed by atoms with Crippen LogP contribution in [0.4, 0.5) is 13.2 Å². The molecule has 0 amide bonds. The SMILES string of the molecule is Brc1cnc2c(c1)COC21CNC1.O=C(O)C(F)(F)F. The van der Waals surface area contributed by atoms with Crippen LogP contribution in [-0.2, 0) is 21.7 Å². The van der Waals surface area contributed by atoms with Gasteiger partial charge in [-0.05, 0) is 22.0 Å². The number of carboxylic acids is 1. The molecule has 0 radical (unpaired) electrons. The zero-order valence-electron chi connectivity index (χ0n) is 10.00. The normalized spacial score (nSPS) is 18.8. The van der Waals surface area contributed by atoms with Crippen LogP contribution >= 0.6 is 15.9 Å². The molecule has 20 heavy (non-hydrogen) atoms. The number of aromatic nitrogens is 1. The molecule has 0 atom stereocenters. The van der Waals surface area contributed by atoms with Gasteiger partial charge in [0.15, 0.2) is 0 Å². The van der Waals surface area contributed by atoms with Gasteiger partial charge in [0.2, 0.25) is 0 Å². The third kappa shape index (κ3) is 2.94. The van der Waals surface area contributed by atoms with Crippen LogP contribution in [0.1, 0.15) is 11.3 Å². The van der Waals surface area contributed by atoms with E-state index in [1.807, 2.05) is 6.20 Å². The number of hydrogen-bond acceptors (Lipinski definition) is 4. The number of alkyl halides is 3. The number of nitrogens with zero attached hydrogens (tertiary/aromatic N) is 1. The average molecular weight is 355 g/mol. The maximum absolute atomic E-state index is 10.6. The third-order valence-electron chi connectivity index (χ3n) is 2.93. The van der Waals surface area contributed by atoms with Gasteiger partial charge in [-0.15, -0.1) is 0 Å². The summed E-state index contributed by atoms with van der Waals surface area (Å²) in [6, 6.07) is 2.09. The highest BCUT2D eigenvalue weighted by atomic mass is 79.9. The van der Waals surface area contributed by atoms with Gasteiger partial charge in [0.05, 0.1) is 12.3 Å². The van der Waals surface area contributed by atoms with Crippen LogP contribution < -0.4 is 5.32 Å². The van der Waals surface area contributed by atoms with Crippen LogP contribution in [-0.4, -0.2) is 35.3 Å². The molecule has 0 bridgehead atoms. The van der Waals surface area contributed by atoms with Gasteiger partial charge in [0.1, 0.15) is 5.60 Å². The zero-order chi connectivity index (χ0) is 15.0. The number of rotatable bonds is 0. The Morgan fingerprint density at radius 1 is 1.50 bits per heavy atom. The Bertz CT molecular complexity index is 532. The highest BCUT2D eigenvalue weighted by Crippen LogP contribution is 2.38. The fourth-order valence-electron chi connectivity index (χ4n) is 1.91. The van der Waals surface area contributed by atoms with E-state index in [9.17, 15) is 13.2 Å². The fraction of sp³-hybridized carbons (Fsp3) is 0.455. The standard InChI is InChI=1S/C9H9BrN2O.C2HF3O2/c10-7-1-6-3-13-9(4-11-5-9)8(6)12-2-7;3-2(4,5)1(6)7/h1-2,11H,3-5H2;(H,6,7). The van der Waals surface area contributed by atoms with Crippen molar-refractivity contribution in [2.24, 2.45) is 0 Å². The number of ether oxygens (including phenoxy) is 1. The van der Waals surface area contributed by atoms with E-state index in [4.69, 9.17) is 14.6 Å². The summed E-state index contributed by atoms with van der Waals surface area (Å²) in [7, 11) is 0. The predicted molar refractivity (Wildman–Crippen MR) is 65.0 cm³/mol. The number of carbonyl (C=O) groups is 1. The molecule has 2 N–H and O–H groups in total. The monoisotopic (exact) mass is 354 g/mol. The van der Waals surface area contributed by atoms with Gasteiger partial charge in [-0.25, -0.2) is 4.79 Å². The molecule has 5 nitrogen and oxygen atoms in total. The van der Waals surface area contributed by atoms with Crippen molar-refractivity contribution in [2.45, 2.75) is 18.4 Å². The summed E-state index contributed by atoms with van der Waals surface area (Å²) in [5.74, 6) is -2.76. The molecule has 9 heteroatoms. The molecule has 1 spiro atoms. The van der Waals surface area contributed by atoms with Gasteiger partial charge < -0.3 is 15.2 Å². The molecule has 3 rings (SSSR count). The highest BCUT2D eigenvalue weighted by Gasteiger charge is 2.46.